The molecule has 1 N–H and O–H groups in total. The van der Waals surface area contributed by atoms with E-state index in [1.165, 1.54) is 21.7 Å². The Morgan fingerprint density at radius 3 is 2.55 bits per heavy atom. The minimum absolute atomic E-state index is 0.00382. The number of carbonyl (C=O) groups excluding carboxylic acids is 2. The van der Waals surface area contributed by atoms with Crippen molar-refractivity contribution in [2.24, 2.45) is 0 Å². The standard InChI is InChI=1S/C20H13ClF4N4O2/c21-12-2-1-3-13(7-12)29-17(11-4-5-15(22)14(6-11)20(23,24)25)8-16(27-29)19(31)28-9-18(30)26-10-28/h1-8H,9-10H2,(H,26,30). The van der Waals surface area contributed by atoms with Crippen molar-refractivity contribution in [2.75, 3.05) is 13.2 Å². The number of alkyl halides is 3. The summed E-state index contributed by atoms with van der Waals surface area (Å²) in [6, 6.07) is 10.1. The minimum Gasteiger partial charge on any atom is -0.337 e. The van der Waals surface area contributed by atoms with Crippen LogP contribution in [0, 0.1) is 5.82 Å². The van der Waals surface area contributed by atoms with Gasteiger partial charge < -0.3 is 10.2 Å². The Morgan fingerprint density at radius 1 is 1.13 bits per heavy atom. The number of rotatable bonds is 3. The van der Waals surface area contributed by atoms with Gasteiger partial charge >= 0.3 is 6.18 Å². The van der Waals surface area contributed by atoms with Gasteiger partial charge in [-0.1, -0.05) is 17.7 Å². The highest BCUT2D eigenvalue weighted by molar-refractivity contribution is 6.30. The first-order valence-electron chi connectivity index (χ1n) is 8.92. The molecule has 2 heterocycles. The lowest BCUT2D eigenvalue weighted by Crippen LogP contribution is -2.30. The molecule has 0 bridgehead atoms. The van der Waals surface area contributed by atoms with E-state index in [-0.39, 0.29) is 36.1 Å². The first-order valence-corrected chi connectivity index (χ1v) is 9.30. The van der Waals surface area contributed by atoms with E-state index in [9.17, 15) is 27.2 Å². The van der Waals surface area contributed by atoms with E-state index < -0.39 is 23.5 Å². The zero-order valence-corrected chi connectivity index (χ0v) is 16.3. The predicted octanol–water partition coefficient (Wildman–Crippen LogP) is 3.88. The van der Waals surface area contributed by atoms with Crippen molar-refractivity contribution in [3.05, 3.63) is 70.6 Å². The maximum absolute atomic E-state index is 13.8. The average molecular weight is 453 g/mol. The topological polar surface area (TPSA) is 67.2 Å². The zero-order valence-electron chi connectivity index (χ0n) is 15.6. The lowest BCUT2D eigenvalue weighted by molar-refractivity contribution is -0.140. The Balaban J connectivity index is 1.86. The molecule has 1 fully saturated rings. The van der Waals surface area contributed by atoms with Gasteiger partial charge in [-0.15, -0.1) is 0 Å². The smallest absolute Gasteiger partial charge is 0.337 e. The van der Waals surface area contributed by atoms with Gasteiger partial charge in [-0.05, 0) is 42.5 Å². The Morgan fingerprint density at radius 2 is 1.90 bits per heavy atom. The third kappa shape index (κ3) is 4.11. The Labute approximate surface area is 178 Å². The van der Waals surface area contributed by atoms with Crippen LogP contribution < -0.4 is 5.32 Å². The third-order valence-corrected chi connectivity index (χ3v) is 4.87. The highest BCUT2D eigenvalue weighted by Crippen LogP contribution is 2.35. The van der Waals surface area contributed by atoms with Crippen molar-refractivity contribution >= 4 is 23.4 Å². The monoisotopic (exact) mass is 452 g/mol. The zero-order chi connectivity index (χ0) is 22.3. The second-order valence-corrected chi connectivity index (χ2v) is 7.20. The fraction of sp³-hybridized carbons (Fsp3) is 0.150. The first-order chi connectivity index (χ1) is 14.6. The molecule has 6 nitrogen and oxygen atoms in total. The van der Waals surface area contributed by atoms with Crippen LogP contribution in [0.2, 0.25) is 5.02 Å². The van der Waals surface area contributed by atoms with Crippen LogP contribution in [0.25, 0.3) is 16.9 Å². The fourth-order valence-electron chi connectivity index (χ4n) is 3.17. The number of carbonyl (C=O) groups is 2. The molecule has 0 spiro atoms. The molecule has 11 heteroatoms. The van der Waals surface area contributed by atoms with E-state index in [0.717, 1.165) is 6.07 Å². The molecule has 4 rings (SSSR count). The summed E-state index contributed by atoms with van der Waals surface area (Å²) in [5.74, 6) is -2.34. The van der Waals surface area contributed by atoms with Crippen LogP contribution in [0.5, 0.6) is 0 Å². The number of nitrogens with one attached hydrogen (secondary N) is 1. The number of hydrogen-bond donors (Lipinski definition) is 1. The van der Waals surface area contributed by atoms with E-state index in [1.807, 2.05) is 0 Å². The molecule has 0 unspecified atom stereocenters. The number of benzene rings is 2. The number of halogens is 5. The quantitative estimate of drug-likeness (QED) is 0.613. The van der Waals surface area contributed by atoms with Gasteiger partial charge in [0, 0.05) is 10.6 Å². The first kappa shape index (κ1) is 20.9. The van der Waals surface area contributed by atoms with Gasteiger partial charge in [0.05, 0.1) is 23.6 Å². The van der Waals surface area contributed by atoms with Gasteiger partial charge in [-0.25, -0.2) is 9.07 Å². The predicted molar refractivity (Wildman–Crippen MR) is 103 cm³/mol. The Kier molecular flexibility index (Phi) is 5.18. The molecule has 31 heavy (non-hydrogen) atoms. The number of nitrogens with zero attached hydrogens (tertiary/aromatic N) is 3. The van der Waals surface area contributed by atoms with E-state index in [0.29, 0.717) is 22.8 Å². The van der Waals surface area contributed by atoms with Crippen molar-refractivity contribution in [1.29, 1.82) is 0 Å². The van der Waals surface area contributed by atoms with Crippen LogP contribution in [0.4, 0.5) is 17.6 Å². The molecular formula is C20H13ClF4N4O2. The van der Waals surface area contributed by atoms with E-state index in [1.54, 1.807) is 18.2 Å². The summed E-state index contributed by atoms with van der Waals surface area (Å²) in [5, 5.41) is 7.07. The molecule has 0 atom stereocenters. The van der Waals surface area contributed by atoms with Crippen molar-refractivity contribution in [3.8, 4) is 16.9 Å². The lowest BCUT2D eigenvalue weighted by atomic mass is 10.1. The summed E-state index contributed by atoms with van der Waals surface area (Å²) >= 11 is 6.03. The van der Waals surface area contributed by atoms with Crippen LogP contribution in [-0.4, -0.2) is 39.7 Å². The third-order valence-electron chi connectivity index (χ3n) is 4.64. The average Bonchev–Trinajstić information content (AvgIpc) is 3.34. The lowest BCUT2D eigenvalue weighted by Gasteiger charge is -2.12. The van der Waals surface area contributed by atoms with E-state index >= 15 is 0 Å². The highest BCUT2D eigenvalue weighted by atomic mass is 35.5. The molecule has 3 aromatic rings. The molecule has 1 saturated heterocycles. The molecule has 160 valence electrons. The second-order valence-electron chi connectivity index (χ2n) is 6.76. The van der Waals surface area contributed by atoms with Gasteiger partial charge in [0.25, 0.3) is 5.91 Å². The summed E-state index contributed by atoms with van der Waals surface area (Å²) in [6.45, 7) is -0.168. The van der Waals surface area contributed by atoms with Crippen LogP contribution in [-0.2, 0) is 11.0 Å². The van der Waals surface area contributed by atoms with Gasteiger partial charge in [0.2, 0.25) is 5.91 Å². The molecule has 2 aromatic carbocycles. The molecule has 1 aliphatic heterocycles. The largest absolute Gasteiger partial charge is 0.419 e. The van der Waals surface area contributed by atoms with Crippen molar-refractivity contribution in [2.45, 2.75) is 6.18 Å². The van der Waals surface area contributed by atoms with Crippen LogP contribution in [0.1, 0.15) is 16.1 Å². The SMILES string of the molecule is O=C1CN(C(=O)c2cc(-c3ccc(F)c(C(F)(F)F)c3)n(-c3cccc(Cl)c3)n2)CN1. The maximum Gasteiger partial charge on any atom is 0.419 e. The summed E-state index contributed by atoms with van der Waals surface area (Å²) in [6.07, 6.45) is -4.90. The van der Waals surface area contributed by atoms with Gasteiger partial charge in [0.15, 0.2) is 5.69 Å². The normalized spacial score (nSPS) is 14.1. The van der Waals surface area contributed by atoms with Crippen molar-refractivity contribution in [1.82, 2.24) is 20.0 Å². The molecule has 0 saturated carbocycles. The maximum atomic E-state index is 13.8. The van der Waals surface area contributed by atoms with Gasteiger partial charge in [-0.2, -0.15) is 18.3 Å². The summed E-state index contributed by atoms with van der Waals surface area (Å²) < 4.78 is 54.7. The van der Waals surface area contributed by atoms with Crippen molar-refractivity contribution in [3.63, 3.8) is 0 Å². The number of hydrogen-bond acceptors (Lipinski definition) is 3. The van der Waals surface area contributed by atoms with Crippen LogP contribution in [0.3, 0.4) is 0 Å². The molecule has 0 radical (unpaired) electrons. The molecule has 1 aliphatic rings. The Bertz CT molecular complexity index is 1190. The molecule has 2 amide bonds. The summed E-state index contributed by atoms with van der Waals surface area (Å²) in [5.41, 5.74) is -1.03. The summed E-state index contributed by atoms with van der Waals surface area (Å²) in [7, 11) is 0. The number of aromatic nitrogens is 2. The second kappa shape index (κ2) is 7.69. The molecular weight excluding hydrogens is 440 g/mol. The minimum atomic E-state index is -4.90. The summed E-state index contributed by atoms with van der Waals surface area (Å²) in [4.78, 5) is 25.4. The Hall–Kier alpha value is -3.40. The van der Waals surface area contributed by atoms with Crippen molar-refractivity contribution < 1.29 is 27.2 Å². The highest BCUT2D eigenvalue weighted by Gasteiger charge is 2.35. The fourth-order valence-corrected chi connectivity index (χ4v) is 3.36. The van der Waals surface area contributed by atoms with E-state index in [4.69, 9.17) is 11.6 Å². The molecule has 0 aliphatic carbocycles. The van der Waals surface area contributed by atoms with Gasteiger partial charge in [0.1, 0.15) is 12.4 Å². The van der Waals surface area contributed by atoms with E-state index in [2.05, 4.69) is 10.4 Å². The van der Waals surface area contributed by atoms with Gasteiger partial charge in [-0.3, -0.25) is 9.59 Å². The molecule has 1 aromatic heterocycles. The number of amides is 2. The van der Waals surface area contributed by atoms with Crippen LogP contribution in [0.15, 0.2) is 48.5 Å². The van der Waals surface area contributed by atoms with Crippen LogP contribution >= 0.6 is 11.6 Å².